The molecule has 0 aromatic carbocycles. The lowest BCUT2D eigenvalue weighted by molar-refractivity contribution is -0.140. The van der Waals surface area contributed by atoms with Crippen LogP contribution in [0.2, 0.25) is 0 Å². The van der Waals surface area contributed by atoms with Gasteiger partial charge in [-0.2, -0.15) is 0 Å². The highest BCUT2D eigenvalue weighted by Crippen LogP contribution is 2.26. The van der Waals surface area contributed by atoms with E-state index in [4.69, 9.17) is 5.11 Å². The summed E-state index contributed by atoms with van der Waals surface area (Å²) in [5.74, 6) is -2.11. The van der Waals surface area contributed by atoms with Gasteiger partial charge in [0.25, 0.3) is 0 Å². The van der Waals surface area contributed by atoms with Gasteiger partial charge in [0.05, 0.1) is 6.54 Å². The van der Waals surface area contributed by atoms with E-state index in [1.54, 1.807) is 19.9 Å². The second kappa shape index (κ2) is 4.79. The SMILES string of the molecule is CC1C(=O)N(Cc2ccc(C(=O)O)nc2)C(=O)C1C. The largest absolute Gasteiger partial charge is 0.477 e. The Morgan fingerprint density at radius 1 is 1.26 bits per heavy atom. The van der Waals surface area contributed by atoms with Crippen LogP contribution in [0.1, 0.15) is 29.9 Å². The molecule has 1 N–H and O–H groups in total. The van der Waals surface area contributed by atoms with E-state index in [2.05, 4.69) is 4.98 Å². The molecule has 0 aliphatic carbocycles. The lowest BCUT2D eigenvalue weighted by atomic mass is 10.00. The maximum absolute atomic E-state index is 11.9. The Kier molecular flexibility index (Phi) is 3.33. The summed E-state index contributed by atoms with van der Waals surface area (Å²) in [7, 11) is 0. The second-order valence-electron chi connectivity index (χ2n) is 4.70. The first-order chi connectivity index (χ1) is 8.91. The molecule has 6 heteroatoms. The number of aromatic carboxylic acids is 1. The van der Waals surface area contributed by atoms with E-state index in [9.17, 15) is 14.4 Å². The molecule has 0 bridgehead atoms. The molecule has 1 aromatic rings. The first-order valence-electron chi connectivity index (χ1n) is 5.95. The molecular formula is C13H14N2O4. The number of nitrogens with zero attached hydrogens (tertiary/aromatic N) is 2. The second-order valence-corrected chi connectivity index (χ2v) is 4.70. The van der Waals surface area contributed by atoms with Gasteiger partial charge in [-0.05, 0) is 11.6 Å². The van der Waals surface area contributed by atoms with Gasteiger partial charge in [0.2, 0.25) is 11.8 Å². The molecule has 6 nitrogen and oxygen atoms in total. The number of aromatic nitrogens is 1. The molecule has 2 amide bonds. The molecule has 1 aromatic heterocycles. The zero-order chi connectivity index (χ0) is 14.2. The number of likely N-dealkylation sites (tertiary alicyclic amines) is 1. The summed E-state index contributed by atoms with van der Waals surface area (Å²) < 4.78 is 0. The fourth-order valence-corrected chi connectivity index (χ4v) is 2.01. The Balaban J connectivity index is 2.15. The Bertz CT molecular complexity index is 518. The van der Waals surface area contributed by atoms with Crippen molar-refractivity contribution in [2.75, 3.05) is 0 Å². The minimum absolute atomic E-state index is 0.0652. The standard InChI is InChI=1S/C13H14N2O4/c1-7-8(2)12(17)15(11(7)16)6-9-3-4-10(13(18)19)14-5-9/h3-5,7-8H,6H2,1-2H3,(H,18,19). The molecule has 0 saturated carbocycles. The summed E-state index contributed by atoms with van der Waals surface area (Å²) in [5.41, 5.74) is 0.567. The third kappa shape index (κ3) is 2.33. The van der Waals surface area contributed by atoms with E-state index in [1.807, 2.05) is 0 Å². The Labute approximate surface area is 110 Å². The van der Waals surface area contributed by atoms with Crippen LogP contribution in [0.4, 0.5) is 0 Å². The lowest BCUT2D eigenvalue weighted by Crippen LogP contribution is -2.30. The van der Waals surface area contributed by atoms with Crippen molar-refractivity contribution in [2.24, 2.45) is 11.8 Å². The summed E-state index contributed by atoms with van der Waals surface area (Å²) in [5, 5.41) is 8.73. The fourth-order valence-electron chi connectivity index (χ4n) is 2.01. The maximum atomic E-state index is 11.9. The van der Waals surface area contributed by atoms with E-state index in [-0.39, 0.29) is 35.9 Å². The number of carboxylic acid groups (broad SMARTS) is 1. The van der Waals surface area contributed by atoms with Crippen molar-refractivity contribution in [2.45, 2.75) is 20.4 Å². The van der Waals surface area contributed by atoms with Crippen LogP contribution in [0.5, 0.6) is 0 Å². The quantitative estimate of drug-likeness (QED) is 0.818. The molecule has 1 saturated heterocycles. The molecule has 0 spiro atoms. The highest BCUT2D eigenvalue weighted by atomic mass is 16.4. The van der Waals surface area contributed by atoms with Crippen molar-refractivity contribution >= 4 is 17.8 Å². The number of hydrogen-bond donors (Lipinski definition) is 1. The van der Waals surface area contributed by atoms with Crippen LogP contribution in [0, 0.1) is 11.8 Å². The molecule has 2 unspecified atom stereocenters. The van der Waals surface area contributed by atoms with Gasteiger partial charge in [-0.1, -0.05) is 19.9 Å². The van der Waals surface area contributed by atoms with Crippen LogP contribution >= 0.6 is 0 Å². The van der Waals surface area contributed by atoms with Gasteiger partial charge in [0.15, 0.2) is 0 Å². The van der Waals surface area contributed by atoms with Crippen LogP contribution in [0.15, 0.2) is 18.3 Å². The van der Waals surface area contributed by atoms with Gasteiger partial charge in [-0.25, -0.2) is 9.78 Å². The van der Waals surface area contributed by atoms with Gasteiger partial charge in [0, 0.05) is 18.0 Å². The normalized spacial score (nSPS) is 22.9. The minimum atomic E-state index is -1.11. The predicted molar refractivity (Wildman–Crippen MR) is 65.1 cm³/mol. The molecule has 1 fully saturated rings. The van der Waals surface area contributed by atoms with Gasteiger partial charge in [-0.3, -0.25) is 14.5 Å². The van der Waals surface area contributed by atoms with Crippen molar-refractivity contribution in [3.63, 3.8) is 0 Å². The Hall–Kier alpha value is -2.24. The van der Waals surface area contributed by atoms with Gasteiger partial charge in [0.1, 0.15) is 5.69 Å². The molecule has 2 rings (SSSR count). The summed E-state index contributed by atoms with van der Waals surface area (Å²) >= 11 is 0. The zero-order valence-corrected chi connectivity index (χ0v) is 10.7. The molecule has 19 heavy (non-hydrogen) atoms. The van der Waals surface area contributed by atoms with E-state index in [0.29, 0.717) is 5.56 Å². The Morgan fingerprint density at radius 2 is 1.84 bits per heavy atom. The maximum Gasteiger partial charge on any atom is 0.354 e. The lowest BCUT2D eigenvalue weighted by Gasteiger charge is -2.14. The summed E-state index contributed by atoms with van der Waals surface area (Å²) in [6.45, 7) is 3.60. The first-order valence-corrected chi connectivity index (χ1v) is 5.95. The molecule has 2 atom stereocenters. The van der Waals surface area contributed by atoms with Crippen LogP contribution in [-0.2, 0) is 16.1 Å². The average Bonchev–Trinajstić information content (AvgIpc) is 2.57. The number of carbonyl (C=O) groups excluding carboxylic acids is 2. The number of carboxylic acids is 1. The van der Waals surface area contributed by atoms with Crippen LogP contribution in [0.3, 0.4) is 0 Å². The average molecular weight is 262 g/mol. The summed E-state index contributed by atoms with van der Waals surface area (Å²) in [6, 6.07) is 2.92. The van der Waals surface area contributed by atoms with Crippen molar-refractivity contribution in [1.29, 1.82) is 0 Å². The smallest absolute Gasteiger partial charge is 0.354 e. The van der Waals surface area contributed by atoms with Gasteiger partial charge < -0.3 is 5.11 Å². The number of rotatable bonds is 3. The number of amides is 2. The van der Waals surface area contributed by atoms with Crippen LogP contribution < -0.4 is 0 Å². The molecule has 0 radical (unpaired) electrons. The van der Waals surface area contributed by atoms with Crippen LogP contribution in [-0.4, -0.2) is 32.8 Å². The van der Waals surface area contributed by atoms with E-state index in [0.717, 1.165) is 0 Å². The number of pyridine rings is 1. The third-order valence-electron chi connectivity index (χ3n) is 3.45. The monoisotopic (exact) mass is 262 g/mol. The molecular weight excluding hydrogens is 248 g/mol. The zero-order valence-electron chi connectivity index (χ0n) is 10.7. The fraction of sp³-hybridized carbons (Fsp3) is 0.385. The number of hydrogen-bond acceptors (Lipinski definition) is 4. The van der Waals surface area contributed by atoms with Crippen LogP contribution in [0.25, 0.3) is 0 Å². The summed E-state index contributed by atoms with van der Waals surface area (Å²) in [4.78, 5) is 39.4. The van der Waals surface area contributed by atoms with Crippen molar-refractivity contribution < 1.29 is 19.5 Å². The minimum Gasteiger partial charge on any atom is -0.477 e. The number of carbonyl (C=O) groups is 3. The van der Waals surface area contributed by atoms with Gasteiger partial charge >= 0.3 is 5.97 Å². The molecule has 1 aliphatic rings. The van der Waals surface area contributed by atoms with E-state index >= 15 is 0 Å². The van der Waals surface area contributed by atoms with Crippen molar-refractivity contribution in [3.8, 4) is 0 Å². The van der Waals surface area contributed by atoms with Crippen molar-refractivity contribution in [3.05, 3.63) is 29.6 Å². The summed E-state index contributed by atoms with van der Waals surface area (Å²) in [6.07, 6.45) is 1.37. The molecule has 100 valence electrons. The highest BCUT2D eigenvalue weighted by Gasteiger charge is 2.41. The first kappa shape index (κ1) is 13.2. The highest BCUT2D eigenvalue weighted by molar-refractivity contribution is 6.04. The predicted octanol–water partition coefficient (Wildman–Crippen LogP) is 0.921. The van der Waals surface area contributed by atoms with Gasteiger partial charge in [-0.15, -0.1) is 0 Å². The molecule has 1 aliphatic heterocycles. The number of imide groups is 1. The molecule has 2 heterocycles. The topological polar surface area (TPSA) is 87.6 Å². The van der Waals surface area contributed by atoms with E-state index in [1.165, 1.54) is 17.2 Å². The third-order valence-corrected chi connectivity index (χ3v) is 3.45. The van der Waals surface area contributed by atoms with E-state index < -0.39 is 5.97 Å². The van der Waals surface area contributed by atoms with Crippen molar-refractivity contribution in [1.82, 2.24) is 9.88 Å². The Morgan fingerprint density at radius 3 is 2.26 bits per heavy atom.